The fourth-order valence-electron chi connectivity index (χ4n) is 6.39. The van der Waals surface area contributed by atoms with Crippen LogP contribution in [0.3, 0.4) is 0 Å². The number of aliphatic hydroxyl groups is 1. The van der Waals surface area contributed by atoms with Crippen molar-refractivity contribution in [1.29, 1.82) is 0 Å². The highest BCUT2D eigenvalue weighted by Gasteiger charge is 2.78. The first-order valence-corrected chi connectivity index (χ1v) is 13.3. The maximum Gasteiger partial charge on any atom is 0.410 e. The molecule has 12 heteroatoms. The first-order chi connectivity index (χ1) is 17.8. The monoisotopic (exact) mass is 536 g/mol. The summed E-state index contributed by atoms with van der Waals surface area (Å²) in [7, 11) is 1.41. The van der Waals surface area contributed by atoms with Gasteiger partial charge in [0.1, 0.15) is 11.7 Å². The molecule has 0 aromatic rings. The summed E-state index contributed by atoms with van der Waals surface area (Å²) in [5.74, 6) is -5.19. The highest BCUT2D eigenvalue weighted by molar-refractivity contribution is 6.00. The van der Waals surface area contributed by atoms with E-state index in [1.165, 1.54) is 25.9 Å². The molecule has 12 nitrogen and oxygen atoms in total. The van der Waals surface area contributed by atoms with Gasteiger partial charge in [0.2, 0.25) is 0 Å². The molecule has 1 saturated carbocycles. The molecule has 1 N–H and O–H groups in total. The van der Waals surface area contributed by atoms with Gasteiger partial charge in [-0.1, -0.05) is 32.8 Å². The van der Waals surface area contributed by atoms with Gasteiger partial charge in [-0.3, -0.25) is 14.4 Å². The van der Waals surface area contributed by atoms with E-state index < -0.39 is 71.0 Å². The molecule has 5 unspecified atom stereocenters. The van der Waals surface area contributed by atoms with Crippen LogP contribution >= 0.6 is 0 Å². The van der Waals surface area contributed by atoms with E-state index in [0.29, 0.717) is 12.8 Å². The Kier molecular flexibility index (Phi) is 8.80. The smallest absolute Gasteiger partial charge is 0.410 e. The molecule has 1 spiro atoms. The number of methoxy groups -OCH3 is 1. The zero-order valence-corrected chi connectivity index (χ0v) is 23.2. The minimum atomic E-state index is -1.27. The van der Waals surface area contributed by atoms with Gasteiger partial charge >= 0.3 is 12.1 Å². The van der Waals surface area contributed by atoms with Crippen LogP contribution in [-0.4, -0.2) is 83.3 Å². The van der Waals surface area contributed by atoms with Crippen LogP contribution in [0, 0.1) is 29.6 Å². The van der Waals surface area contributed by atoms with Crippen molar-refractivity contribution in [3.8, 4) is 0 Å². The van der Waals surface area contributed by atoms with Gasteiger partial charge in [0.15, 0.2) is 17.5 Å². The number of ether oxygens (including phenoxy) is 3. The first kappa shape index (κ1) is 29.9. The SMILES string of the molecule is CO[C@@]1(C)CC(C)C(=O)[C@H](C)[C@H]2N(CCCCN=[N+]=[N-])C(=O)O[C@@]23C(C)C3OC(=O)C(C)C(=O)C(C)[C@H]1O. The number of carbonyl (C=O) groups is 4. The number of hydrogen-bond acceptors (Lipinski definition) is 9. The van der Waals surface area contributed by atoms with Crippen LogP contribution in [0.15, 0.2) is 5.11 Å². The van der Waals surface area contributed by atoms with Gasteiger partial charge in [-0.25, -0.2) is 4.79 Å². The van der Waals surface area contributed by atoms with Crippen LogP contribution in [0.2, 0.25) is 0 Å². The summed E-state index contributed by atoms with van der Waals surface area (Å²) in [5.41, 5.74) is 6.05. The van der Waals surface area contributed by atoms with Gasteiger partial charge in [0.05, 0.1) is 17.7 Å². The van der Waals surface area contributed by atoms with E-state index in [1.807, 2.05) is 0 Å². The van der Waals surface area contributed by atoms with Crippen molar-refractivity contribution in [3.05, 3.63) is 10.4 Å². The second-order valence-electron chi connectivity index (χ2n) is 11.3. The summed E-state index contributed by atoms with van der Waals surface area (Å²) in [6.07, 6.45) is -1.49. The number of unbranched alkanes of at least 4 members (excludes halogenated alkanes) is 1. The lowest BCUT2D eigenvalue weighted by Gasteiger charge is -2.39. The molecule has 38 heavy (non-hydrogen) atoms. The molecule has 0 aromatic carbocycles. The van der Waals surface area contributed by atoms with E-state index in [1.54, 1.807) is 27.7 Å². The number of aliphatic hydroxyl groups excluding tert-OH is 1. The summed E-state index contributed by atoms with van der Waals surface area (Å²) >= 11 is 0. The van der Waals surface area contributed by atoms with Crippen molar-refractivity contribution in [3.63, 3.8) is 0 Å². The summed E-state index contributed by atoms with van der Waals surface area (Å²) in [5, 5.41) is 14.6. The molecule has 0 aromatic heterocycles. The van der Waals surface area contributed by atoms with Crippen molar-refractivity contribution in [1.82, 2.24) is 4.90 Å². The summed E-state index contributed by atoms with van der Waals surface area (Å²) in [4.78, 5) is 57.4. The molecule has 1 amide bonds. The Morgan fingerprint density at radius 3 is 2.37 bits per heavy atom. The Bertz CT molecular complexity index is 1020. The number of hydrogen-bond donors (Lipinski definition) is 1. The molecule has 0 bridgehead atoms. The Labute approximate surface area is 223 Å². The predicted octanol–water partition coefficient (Wildman–Crippen LogP) is 3.05. The number of nitrogens with zero attached hydrogens (tertiary/aromatic N) is 4. The van der Waals surface area contributed by atoms with Gasteiger partial charge in [-0.2, -0.15) is 0 Å². The number of carbonyl (C=O) groups excluding carboxylic acids is 4. The molecule has 10 atom stereocenters. The zero-order chi connectivity index (χ0) is 28.6. The quantitative estimate of drug-likeness (QED) is 0.135. The number of azide groups is 1. The van der Waals surface area contributed by atoms with E-state index in [0.717, 1.165) is 0 Å². The number of amides is 1. The zero-order valence-electron chi connectivity index (χ0n) is 23.2. The van der Waals surface area contributed by atoms with Crippen LogP contribution < -0.4 is 0 Å². The van der Waals surface area contributed by atoms with Gasteiger partial charge < -0.3 is 24.2 Å². The molecule has 2 heterocycles. The van der Waals surface area contributed by atoms with Crippen LogP contribution in [0.5, 0.6) is 0 Å². The van der Waals surface area contributed by atoms with Crippen molar-refractivity contribution in [2.24, 2.45) is 34.7 Å². The molecule has 2 saturated heterocycles. The lowest BCUT2D eigenvalue weighted by Crippen LogP contribution is -2.52. The Morgan fingerprint density at radius 2 is 1.76 bits per heavy atom. The number of esters is 1. The van der Waals surface area contributed by atoms with Gasteiger partial charge in [0.25, 0.3) is 0 Å². The standard InChI is InChI=1S/C26H40N4O8/c1-13-12-25(6,36-7)21(33)15(3)19(32)16(4)23(34)37-22-17(5)26(22)20(14(2)18(13)31)30(24(35)38-26)11-9-8-10-28-29-27/h13-17,20-22,33H,8-12H2,1-7H3/t13?,14-,15?,16?,17?,20+,21+,22?,25-,26-/m0/s1. The average Bonchev–Trinajstić information content (AvgIpc) is 3.29. The van der Waals surface area contributed by atoms with E-state index >= 15 is 0 Å². The molecule has 212 valence electrons. The van der Waals surface area contributed by atoms with Gasteiger partial charge in [0, 0.05) is 48.8 Å². The predicted molar refractivity (Wildman–Crippen MR) is 135 cm³/mol. The van der Waals surface area contributed by atoms with E-state index in [9.17, 15) is 24.3 Å². The van der Waals surface area contributed by atoms with Gasteiger partial charge in [-0.05, 0) is 38.6 Å². The number of ketones is 2. The lowest BCUT2D eigenvalue weighted by atomic mass is 9.75. The van der Waals surface area contributed by atoms with E-state index in [-0.39, 0.29) is 31.2 Å². The van der Waals surface area contributed by atoms with Crippen molar-refractivity contribution < 1.29 is 38.5 Å². The lowest BCUT2D eigenvalue weighted by molar-refractivity contribution is -0.162. The topological polar surface area (TPSA) is 168 Å². The summed E-state index contributed by atoms with van der Waals surface area (Å²) in [6.45, 7) is 10.4. The fraction of sp³-hybridized carbons (Fsp3) is 0.846. The second-order valence-corrected chi connectivity index (χ2v) is 11.3. The highest BCUT2D eigenvalue weighted by Crippen LogP contribution is 2.58. The fourth-order valence-corrected chi connectivity index (χ4v) is 6.39. The van der Waals surface area contributed by atoms with Crippen LogP contribution in [0.1, 0.15) is 60.8 Å². The highest BCUT2D eigenvalue weighted by atomic mass is 16.6. The van der Waals surface area contributed by atoms with Crippen molar-refractivity contribution >= 4 is 23.6 Å². The van der Waals surface area contributed by atoms with Gasteiger partial charge in [-0.15, -0.1) is 0 Å². The Balaban J connectivity index is 2.01. The maximum atomic E-state index is 13.8. The number of rotatable bonds is 6. The van der Waals surface area contributed by atoms with E-state index in [4.69, 9.17) is 19.7 Å². The molecular formula is C26H40N4O8. The molecule has 2 aliphatic heterocycles. The van der Waals surface area contributed by atoms with Crippen molar-refractivity contribution in [2.45, 2.75) is 90.3 Å². The number of Topliss-reactive ketones (excluding diaryl/α,β-unsaturated/α-hetero) is 2. The second kappa shape index (κ2) is 11.2. The first-order valence-electron chi connectivity index (χ1n) is 13.3. The largest absolute Gasteiger partial charge is 0.457 e. The van der Waals surface area contributed by atoms with Crippen molar-refractivity contribution in [2.75, 3.05) is 20.2 Å². The Morgan fingerprint density at radius 1 is 1.11 bits per heavy atom. The normalized spacial score (nSPS) is 41.8. The summed E-state index contributed by atoms with van der Waals surface area (Å²) in [6, 6.07) is -0.705. The molecule has 3 fully saturated rings. The van der Waals surface area contributed by atoms with E-state index in [2.05, 4.69) is 10.0 Å². The average molecular weight is 537 g/mol. The molecule has 3 rings (SSSR count). The molecule has 0 radical (unpaired) electrons. The van der Waals surface area contributed by atoms with Crippen LogP contribution in [-0.2, 0) is 28.6 Å². The molecule has 1 aliphatic carbocycles. The third-order valence-corrected chi connectivity index (χ3v) is 8.93. The maximum absolute atomic E-state index is 13.8. The molecule has 3 aliphatic rings. The molecular weight excluding hydrogens is 496 g/mol. The third kappa shape index (κ3) is 5.01. The van der Waals surface area contributed by atoms with Crippen LogP contribution in [0.25, 0.3) is 10.4 Å². The third-order valence-electron chi connectivity index (χ3n) is 8.93. The summed E-state index contributed by atoms with van der Waals surface area (Å²) < 4.78 is 17.3. The van der Waals surface area contributed by atoms with Crippen LogP contribution in [0.4, 0.5) is 4.79 Å². The Hall–Kier alpha value is -2.69. The minimum Gasteiger partial charge on any atom is -0.457 e. The minimum absolute atomic E-state index is 0.129.